The Hall–Kier alpha value is -2.01. The van der Waals surface area contributed by atoms with Crippen LogP contribution in [0.15, 0.2) is 54.6 Å². The Morgan fingerprint density at radius 3 is 2.29 bits per heavy atom. The monoisotopic (exact) mass is 508 g/mol. The molecule has 0 aliphatic heterocycles. The fraction of sp³-hybridized carbons (Fsp3) is 0.0435. The van der Waals surface area contributed by atoms with Gasteiger partial charge < -0.3 is 5.32 Å². The maximum Gasteiger partial charge on any atom is 0.256 e. The number of hydrogen-bond acceptors (Lipinski definition) is 2. The minimum absolute atomic E-state index is 0.278. The van der Waals surface area contributed by atoms with Crippen molar-refractivity contribution in [2.45, 2.75) is 6.92 Å². The molecule has 0 unspecified atom stereocenters. The first-order valence-corrected chi connectivity index (χ1v) is 11.0. The van der Waals surface area contributed by atoms with Crippen molar-refractivity contribution in [3.05, 3.63) is 90.8 Å². The molecule has 31 heavy (non-hydrogen) atoms. The second kappa shape index (κ2) is 8.85. The molecule has 0 saturated heterocycles. The third kappa shape index (κ3) is 4.34. The summed E-state index contributed by atoms with van der Waals surface area (Å²) in [6, 6.07) is 15.5. The summed E-state index contributed by atoms with van der Waals surface area (Å²) in [4.78, 5) is 18.1. The van der Waals surface area contributed by atoms with E-state index in [9.17, 15) is 4.79 Å². The van der Waals surface area contributed by atoms with Crippen molar-refractivity contribution in [3.8, 4) is 11.3 Å². The predicted octanol–water partition coefficient (Wildman–Crippen LogP) is 8.73. The van der Waals surface area contributed by atoms with Gasteiger partial charge >= 0.3 is 0 Å². The molecule has 0 radical (unpaired) electrons. The second-order valence-electron chi connectivity index (χ2n) is 6.80. The standard InChI is InChI=1S/C23H13Cl5N2O/c1-11-21(23(31)30-20-10-17(27)16(26)9-18(20)28)14-4-2-3-5-19(14)29-22(11)13-7-6-12(24)8-15(13)25/h2-10H,1H3,(H,30,31). The quantitative estimate of drug-likeness (QED) is 0.280. The fourth-order valence-corrected chi connectivity index (χ4v) is 4.44. The van der Waals surface area contributed by atoms with Crippen molar-refractivity contribution in [1.82, 2.24) is 4.98 Å². The number of fused-ring (bicyclic) bond motifs is 1. The van der Waals surface area contributed by atoms with Crippen LogP contribution in [0.1, 0.15) is 15.9 Å². The molecule has 1 amide bonds. The van der Waals surface area contributed by atoms with Crippen molar-refractivity contribution in [1.29, 1.82) is 0 Å². The lowest BCUT2D eigenvalue weighted by atomic mass is 9.97. The lowest BCUT2D eigenvalue weighted by molar-refractivity contribution is 0.102. The Morgan fingerprint density at radius 1 is 0.839 bits per heavy atom. The van der Waals surface area contributed by atoms with Gasteiger partial charge in [0.05, 0.1) is 42.6 Å². The molecule has 156 valence electrons. The average molecular weight is 511 g/mol. The number of pyridine rings is 1. The molecule has 3 aromatic carbocycles. The van der Waals surface area contributed by atoms with Crippen molar-refractivity contribution < 1.29 is 4.79 Å². The molecule has 0 atom stereocenters. The molecular formula is C23H13Cl5N2O. The van der Waals surface area contributed by atoms with Gasteiger partial charge in [-0.1, -0.05) is 76.2 Å². The lowest BCUT2D eigenvalue weighted by Gasteiger charge is -2.16. The Kier molecular flexibility index (Phi) is 6.34. The van der Waals surface area contributed by atoms with Gasteiger partial charge in [-0.25, -0.2) is 4.98 Å². The molecule has 1 heterocycles. The molecule has 1 aromatic heterocycles. The number of nitrogens with zero attached hydrogens (tertiary/aromatic N) is 1. The van der Waals surface area contributed by atoms with E-state index in [0.717, 1.165) is 0 Å². The molecule has 1 N–H and O–H groups in total. The van der Waals surface area contributed by atoms with Crippen molar-refractivity contribution >= 4 is 80.5 Å². The van der Waals surface area contributed by atoms with Crippen LogP contribution >= 0.6 is 58.0 Å². The highest BCUT2D eigenvalue weighted by Gasteiger charge is 2.21. The summed E-state index contributed by atoms with van der Waals surface area (Å²) in [7, 11) is 0. The summed E-state index contributed by atoms with van der Waals surface area (Å²) < 4.78 is 0. The number of rotatable bonds is 3. The van der Waals surface area contributed by atoms with Crippen LogP contribution in [0.25, 0.3) is 22.2 Å². The average Bonchev–Trinajstić information content (AvgIpc) is 2.72. The lowest BCUT2D eigenvalue weighted by Crippen LogP contribution is -2.15. The van der Waals surface area contributed by atoms with E-state index in [0.29, 0.717) is 54.0 Å². The number of aromatic nitrogens is 1. The van der Waals surface area contributed by atoms with Gasteiger partial charge in [-0.2, -0.15) is 0 Å². The van der Waals surface area contributed by atoms with Gasteiger partial charge in [-0.15, -0.1) is 0 Å². The van der Waals surface area contributed by atoms with Crippen LogP contribution < -0.4 is 5.32 Å². The van der Waals surface area contributed by atoms with Gasteiger partial charge in [0, 0.05) is 16.0 Å². The number of carbonyl (C=O) groups is 1. The van der Waals surface area contributed by atoms with Gasteiger partial charge in [0.2, 0.25) is 0 Å². The normalized spacial score (nSPS) is 11.0. The molecule has 0 aliphatic carbocycles. The molecule has 3 nitrogen and oxygen atoms in total. The van der Waals surface area contributed by atoms with Gasteiger partial charge in [-0.05, 0) is 48.9 Å². The molecule has 4 aromatic rings. The topological polar surface area (TPSA) is 42.0 Å². The van der Waals surface area contributed by atoms with E-state index < -0.39 is 0 Å². The van der Waals surface area contributed by atoms with E-state index in [1.54, 1.807) is 18.2 Å². The maximum atomic E-state index is 13.4. The smallest absolute Gasteiger partial charge is 0.256 e. The van der Waals surface area contributed by atoms with Gasteiger partial charge in [-0.3, -0.25) is 4.79 Å². The number of carbonyl (C=O) groups excluding carboxylic acids is 1. The van der Waals surface area contributed by atoms with E-state index in [1.807, 2.05) is 31.2 Å². The third-order valence-electron chi connectivity index (χ3n) is 4.81. The highest BCUT2D eigenvalue weighted by atomic mass is 35.5. The number of halogens is 5. The van der Waals surface area contributed by atoms with Crippen molar-refractivity contribution in [2.24, 2.45) is 0 Å². The zero-order valence-electron chi connectivity index (χ0n) is 15.9. The third-order valence-corrected chi connectivity index (χ3v) is 6.39. The van der Waals surface area contributed by atoms with Crippen LogP contribution in [-0.4, -0.2) is 10.9 Å². The molecule has 0 fully saturated rings. The Morgan fingerprint density at radius 2 is 1.55 bits per heavy atom. The van der Waals surface area contributed by atoms with E-state index in [1.165, 1.54) is 12.1 Å². The molecule has 4 rings (SSSR count). The molecule has 0 spiro atoms. The summed E-state index contributed by atoms with van der Waals surface area (Å²) >= 11 is 30.8. The first kappa shape index (κ1) is 22.2. The maximum absolute atomic E-state index is 13.4. The zero-order chi connectivity index (χ0) is 22.3. The van der Waals surface area contributed by atoms with Crippen LogP contribution in [0.3, 0.4) is 0 Å². The Balaban J connectivity index is 1.90. The minimum atomic E-state index is -0.359. The number of anilines is 1. The number of benzene rings is 3. The second-order valence-corrected chi connectivity index (χ2v) is 8.87. The van der Waals surface area contributed by atoms with Crippen LogP contribution in [0.4, 0.5) is 5.69 Å². The first-order chi connectivity index (χ1) is 14.8. The van der Waals surface area contributed by atoms with Crippen LogP contribution in [0.5, 0.6) is 0 Å². The SMILES string of the molecule is Cc1c(-c2ccc(Cl)cc2Cl)nc2ccccc2c1C(=O)Nc1cc(Cl)c(Cl)cc1Cl. The number of para-hydroxylation sites is 1. The van der Waals surface area contributed by atoms with Gasteiger partial charge in [0.15, 0.2) is 0 Å². The van der Waals surface area contributed by atoms with E-state index in [-0.39, 0.29) is 16.0 Å². The summed E-state index contributed by atoms with van der Waals surface area (Å²) in [6.45, 7) is 1.82. The van der Waals surface area contributed by atoms with E-state index in [4.69, 9.17) is 63.0 Å². The summed E-state index contributed by atoms with van der Waals surface area (Å²) in [5.74, 6) is -0.359. The van der Waals surface area contributed by atoms with Crippen LogP contribution in [0.2, 0.25) is 25.1 Å². The molecule has 8 heteroatoms. The van der Waals surface area contributed by atoms with E-state index in [2.05, 4.69) is 5.32 Å². The van der Waals surface area contributed by atoms with Crippen LogP contribution in [0, 0.1) is 6.92 Å². The largest absolute Gasteiger partial charge is 0.321 e. The molecule has 0 bridgehead atoms. The number of hydrogen-bond donors (Lipinski definition) is 1. The fourth-order valence-electron chi connectivity index (χ4n) is 3.35. The van der Waals surface area contributed by atoms with Crippen molar-refractivity contribution in [2.75, 3.05) is 5.32 Å². The highest BCUT2D eigenvalue weighted by molar-refractivity contribution is 6.44. The number of nitrogens with one attached hydrogen (secondary N) is 1. The molecule has 0 saturated carbocycles. The molecular weight excluding hydrogens is 498 g/mol. The van der Waals surface area contributed by atoms with E-state index >= 15 is 0 Å². The summed E-state index contributed by atoms with van der Waals surface area (Å²) in [5.41, 5.74) is 3.39. The predicted molar refractivity (Wildman–Crippen MR) is 131 cm³/mol. The Labute approximate surface area is 203 Å². The number of amides is 1. The Bertz CT molecular complexity index is 1350. The van der Waals surface area contributed by atoms with Gasteiger partial charge in [0.1, 0.15) is 0 Å². The zero-order valence-corrected chi connectivity index (χ0v) is 19.7. The highest BCUT2D eigenvalue weighted by Crippen LogP contribution is 2.36. The molecule has 0 aliphatic rings. The van der Waals surface area contributed by atoms with Gasteiger partial charge in [0.25, 0.3) is 5.91 Å². The summed E-state index contributed by atoms with van der Waals surface area (Å²) in [5, 5.41) is 5.35. The van der Waals surface area contributed by atoms with Crippen LogP contribution in [-0.2, 0) is 0 Å². The first-order valence-electron chi connectivity index (χ1n) is 9.07. The van der Waals surface area contributed by atoms with Crippen molar-refractivity contribution in [3.63, 3.8) is 0 Å². The minimum Gasteiger partial charge on any atom is -0.321 e. The summed E-state index contributed by atoms with van der Waals surface area (Å²) in [6.07, 6.45) is 0.